The number of ether oxygens (including phenoxy) is 2. The zero-order chi connectivity index (χ0) is 21.2. The second-order valence-corrected chi connectivity index (χ2v) is 7.11. The van der Waals surface area contributed by atoms with Crippen LogP contribution in [0.1, 0.15) is 22.7 Å². The number of allylic oxidation sites excluding steroid dienone is 1. The molecule has 0 saturated carbocycles. The Bertz CT molecular complexity index is 879. The number of hydrogen-bond acceptors (Lipinski definition) is 4. The van der Waals surface area contributed by atoms with Crippen LogP contribution in [0.5, 0.6) is 11.5 Å². The molecule has 0 aliphatic rings. The van der Waals surface area contributed by atoms with Crippen LogP contribution < -0.4 is 14.8 Å². The highest BCUT2D eigenvalue weighted by Crippen LogP contribution is 2.28. The average Bonchev–Trinajstić information content (AvgIpc) is 2.80. The largest absolute Gasteiger partial charge is 0.493 e. The minimum atomic E-state index is -0.669. The van der Waals surface area contributed by atoms with Crippen LogP contribution in [0, 0.1) is 0 Å². The Balaban J connectivity index is 0.00000341. The highest BCUT2D eigenvalue weighted by atomic mass is 35.5. The third kappa shape index (κ3) is 7.14. The molecule has 164 valence electrons. The lowest BCUT2D eigenvalue weighted by Crippen LogP contribution is -2.34. The zero-order valence-corrected chi connectivity index (χ0v) is 18.6. The summed E-state index contributed by atoms with van der Waals surface area (Å²) in [4.78, 5) is 0. The van der Waals surface area contributed by atoms with Crippen LogP contribution in [0.2, 0.25) is 0 Å². The van der Waals surface area contributed by atoms with E-state index in [-0.39, 0.29) is 25.1 Å². The molecule has 1 unspecified atom stereocenters. The van der Waals surface area contributed by atoms with E-state index in [2.05, 4.69) is 36.2 Å². The van der Waals surface area contributed by atoms with E-state index < -0.39 is 6.10 Å². The summed E-state index contributed by atoms with van der Waals surface area (Å²) in [5, 5.41) is 14.0. The first-order valence-electron chi connectivity index (χ1n) is 10.1. The summed E-state index contributed by atoms with van der Waals surface area (Å²) in [7, 11) is 1.61. The Kier molecular flexibility index (Phi) is 10.1. The van der Waals surface area contributed by atoms with E-state index in [0.29, 0.717) is 18.0 Å². The van der Waals surface area contributed by atoms with E-state index in [9.17, 15) is 5.11 Å². The van der Waals surface area contributed by atoms with Gasteiger partial charge < -0.3 is 19.9 Å². The van der Waals surface area contributed by atoms with Gasteiger partial charge in [0.1, 0.15) is 12.7 Å². The van der Waals surface area contributed by atoms with E-state index >= 15 is 0 Å². The Morgan fingerprint density at radius 3 is 2.10 bits per heavy atom. The summed E-state index contributed by atoms with van der Waals surface area (Å²) in [6.07, 6.45) is 1.95. The molecule has 0 bridgehead atoms. The molecule has 3 aromatic carbocycles. The summed E-state index contributed by atoms with van der Waals surface area (Å²) < 4.78 is 11.2. The van der Waals surface area contributed by atoms with E-state index in [1.165, 1.54) is 0 Å². The van der Waals surface area contributed by atoms with Crippen LogP contribution in [0.15, 0.2) is 91.5 Å². The minimum Gasteiger partial charge on any atom is -0.493 e. The first-order valence-corrected chi connectivity index (χ1v) is 10.1. The Morgan fingerprint density at radius 2 is 1.55 bits per heavy atom. The van der Waals surface area contributed by atoms with Crippen molar-refractivity contribution in [1.82, 2.24) is 5.32 Å². The van der Waals surface area contributed by atoms with Crippen molar-refractivity contribution in [1.29, 1.82) is 0 Å². The zero-order valence-electron chi connectivity index (χ0n) is 17.7. The third-order valence-corrected chi connectivity index (χ3v) is 4.86. The molecule has 0 aliphatic heterocycles. The molecule has 1 atom stereocenters. The van der Waals surface area contributed by atoms with Crippen molar-refractivity contribution in [3.63, 3.8) is 0 Å². The first kappa shape index (κ1) is 24.5. The van der Waals surface area contributed by atoms with Gasteiger partial charge in [0.2, 0.25) is 0 Å². The van der Waals surface area contributed by atoms with Gasteiger partial charge in [-0.25, -0.2) is 0 Å². The predicted molar refractivity (Wildman–Crippen MR) is 128 cm³/mol. The van der Waals surface area contributed by atoms with Crippen molar-refractivity contribution in [3.05, 3.63) is 108 Å². The molecule has 4 nitrogen and oxygen atoms in total. The number of nitrogens with one attached hydrogen (secondary N) is 1. The lowest BCUT2D eigenvalue weighted by Gasteiger charge is -2.22. The van der Waals surface area contributed by atoms with Gasteiger partial charge in [0, 0.05) is 6.54 Å². The lowest BCUT2D eigenvalue weighted by atomic mass is 9.98. The van der Waals surface area contributed by atoms with Gasteiger partial charge in [-0.1, -0.05) is 72.8 Å². The first-order chi connectivity index (χ1) is 14.7. The van der Waals surface area contributed by atoms with Crippen molar-refractivity contribution in [2.75, 3.05) is 20.3 Å². The number of halogens is 1. The van der Waals surface area contributed by atoms with Crippen LogP contribution in [0.25, 0.3) is 0 Å². The average molecular weight is 440 g/mol. The topological polar surface area (TPSA) is 50.7 Å². The van der Waals surface area contributed by atoms with Gasteiger partial charge in [-0.3, -0.25) is 0 Å². The highest BCUT2D eigenvalue weighted by molar-refractivity contribution is 5.85. The molecule has 0 aromatic heterocycles. The van der Waals surface area contributed by atoms with E-state index in [1.807, 2.05) is 60.7 Å². The fourth-order valence-electron chi connectivity index (χ4n) is 3.34. The molecule has 31 heavy (non-hydrogen) atoms. The Hall–Kier alpha value is -2.79. The highest BCUT2D eigenvalue weighted by Gasteiger charge is 2.16. The molecule has 5 heteroatoms. The molecule has 0 radical (unpaired) electrons. The summed E-state index contributed by atoms with van der Waals surface area (Å²) in [5.74, 6) is 1.27. The molecule has 0 amide bonds. The van der Waals surface area contributed by atoms with Crippen molar-refractivity contribution < 1.29 is 14.6 Å². The number of aliphatic hydroxyl groups excluding tert-OH is 1. The number of rotatable bonds is 11. The Labute approximate surface area is 190 Å². The summed E-state index contributed by atoms with van der Waals surface area (Å²) in [6, 6.07) is 26.2. The van der Waals surface area contributed by atoms with E-state index in [4.69, 9.17) is 9.47 Å². The minimum absolute atomic E-state index is 0. The monoisotopic (exact) mass is 439 g/mol. The van der Waals surface area contributed by atoms with Gasteiger partial charge in [0.05, 0.1) is 13.2 Å². The van der Waals surface area contributed by atoms with E-state index in [1.54, 1.807) is 7.11 Å². The van der Waals surface area contributed by atoms with Crippen molar-refractivity contribution in [2.45, 2.75) is 18.6 Å². The van der Waals surface area contributed by atoms with Crippen molar-refractivity contribution in [2.24, 2.45) is 0 Å². The molecule has 0 heterocycles. The van der Waals surface area contributed by atoms with Gasteiger partial charge in [0.25, 0.3) is 0 Å². The van der Waals surface area contributed by atoms with Crippen LogP contribution in [-0.2, 0) is 6.42 Å². The van der Waals surface area contributed by atoms with Crippen LogP contribution >= 0.6 is 12.4 Å². The van der Waals surface area contributed by atoms with Crippen LogP contribution in [-0.4, -0.2) is 31.5 Å². The molecule has 0 saturated heterocycles. The van der Waals surface area contributed by atoms with Gasteiger partial charge in [-0.15, -0.1) is 19.0 Å². The Morgan fingerprint density at radius 1 is 0.935 bits per heavy atom. The maximum atomic E-state index is 10.5. The quantitative estimate of drug-likeness (QED) is 0.414. The number of methoxy groups -OCH3 is 1. The fourth-order valence-corrected chi connectivity index (χ4v) is 3.34. The van der Waals surface area contributed by atoms with E-state index in [0.717, 1.165) is 23.1 Å². The lowest BCUT2D eigenvalue weighted by molar-refractivity contribution is 0.103. The normalized spacial score (nSPS) is 11.5. The number of hydrogen-bond donors (Lipinski definition) is 2. The molecule has 0 fully saturated rings. The van der Waals surface area contributed by atoms with Crippen LogP contribution in [0.3, 0.4) is 0 Å². The summed E-state index contributed by atoms with van der Waals surface area (Å²) in [5.41, 5.74) is 3.40. The second-order valence-electron chi connectivity index (χ2n) is 7.11. The van der Waals surface area contributed by atoms with Gasteiger partial charge >= 0.3 is 0 Å². The molecule has 3 aromatic rings. The fraction of sp³-hybridized carbons (Fsp3) is 0.231. The molecule has 0 aliphatic carbocycles. The molecule has 2 N–H and O–H groups in total. The molecular formula is C26H30ClNO3. The smallest absolute Gasteiger partial charge is 0.161 e. The SMILES string of the molecule is C=CCc1ccc(OCC(O)CNC(c2ccccc2)c2ccccc2)c(OC)c1.Cl. The van der Waals surface area contributed by atoms with Gasteiger partial charge in [-0.05, 0) is 35.2 Å². The summed E-state index contributed by atoms with van der Waals surface area (Å²) >= 11 is 0. The van der Waals surface area contributed by atoms with Gasteiger partial charge in [-0.2, -0.15) is 0 Å². The maximum Gasteiger partial charge on any atom is 0.161 e. The molecular weight excluding hydrogens is 410 g/mol. The number of benzene rings is 3. The summed E-state index contributed by atoms with van der Waals surface area (Å²) in [6.45, 7) is 4.32. The predicted octanol–water partition coefficient (Wildman–Crippen LogP) is 4.96. The maximum absolute atomic E-state index is 10.5. The second kappa shape index (κ2) is 12.8. The number of aliphatic hydroxyl groups is 1. The third-order valence-electron chi connectivity index (χ3n) is 4.86. The van der Waals surface area contributed by atoms with Crippen molar-refractivity contribution in [3.8, 4) is 11.5 Å². The molecule has 0 spiro atoms. The van der Waals surface area contributed by atoms with Gasteiger partial charge in [0.15, 0.2) is 11.5 Å². The molecule has 3 rings (SSSR count). The standard InChI is InChI=1S/C26H29NO3.ClH/c1-3-10-20-15-16-24(25(17-20)29-2)30-19-23(28)18-27-26(21-11-6-4-7-12-21)22-13-8-5-9-14-22;/h3-9,11-17,23,26-28H,1,10,18-19H2,2H3;1H. The van der Waals surface area contributed by atoms with Crippen molar-refractivity contribution >= 4 is 12.4 Å². The van der Waals surface area contributed by atoms with Crippen LogP contribution in [0.4, 0.5) is 0 Å².